The third-order valence-corrected chi connectivity index (χ3v) is 9.37. The van der Waals surface area contributed by atoms with E-state index in [-0.39, 0.29) is 17.7 Å². The lowest BCUT2D eigenvalue weighted by Crippen LogP contribution is -2.35. The molecule has 1 aliphatic heterocycles. The van der Waals surface area contributed by atoms with Gasteiger partial charge < -0.3 is 15.0 Å². The number of halogens is 1. The van der Waals surface area contributed by atoms with Crippen LogP contribution in [0.3, 0.4) is 0 Å². The quantitative estimate of drug-likeness (QED) is 0.176. The van der Waals surface area contributed by atoms with E-state index in [0.717, 1.165) is 54.6 Å². The summed E-state index contributed by atoms with van der Waals surface area (Å²) < 4.78 is 22.6. The number of nitrogens with one attached hydrogen (secondary N) is 1. The number of hydrogen-bond acceptors (Lipinski definition) is 6. The zero-order valence-corrected chi connectivity index (χ0v) is 28.5. The molecule has 0 radical (unpaired) electrons. The molecule has 9 nitrogen and oxygen atoms in total. The van der Waals surface area contributed by atoms with Crippen molar-refractivity contribution >= 4 is 34.2 Å². The van der Waals surface area contributed by atoms with Gasteiger partial charge in [0, 0.05) is 42.0 Å². The van der Waals surface area contributed by atoms with Gasteiger partial charge in [-0.15, -0.1) is 0 Å². The third-order valence-electron chi connectivity index (χ3n) is 9.37. The number of nitrogens with zero attached hydrogens (tertiary/aromatic N) is 5. The molecule has 3 aromatic carbocycles. The Bertz CT molecular complexity index is 1930. The molecule has 1 aliphatic rings. The molecule has 1 fully saturated rings. The van der Waals surface area contributed by atoms with Crippen LogP contribution in [-0.2, 0) is 27.0 Å². The molecular formula is C38H43FN6O3. The molecule has 3 heterocycles. The van der Waals surface area contributed by atoms with Crippen LogP contribution in [-0.4, -0.2) is 51.6 Å². The van der Waals surface area contributed by atoms with Crippen LogP contribution >= 0.6 is 0 Å². The molecule has 1 amide bonds. The number of amides is 1. The number of carbonyl (C=O) groups is 2. The monoisotopic (exact) mass is 650 g/mol. The highest BCUT2D eigenvalue weighted by molar-refractivity contribution is 6.08. The molecule has 10 heteroatoms. The second-order valence-corrected chi connectivity index (χ2v) is 14.1. The molecule has 0 unspecified atom stereocenters. The topological polar surface area (TPSA) is 94.3 Å². The number of anilines is 2. The van der Waals surface area contributed by atoms with Gasteiger partial charge in [-0.25, -0.2) is 4.39 Å². The standard InChI is InChI=1S/C38H43FN6O3/c1-37(2,3)45-34(26-7-12-29(39)13-8-26)32(23-41-45)35(46)42-30-14-9-27-22-40-44(33(27)21-30)24-25-17-19-43(20-18-25)31-15-10-28(11-16-31)38(4,5)36(47)48-6/h7-16,21-23,25H,17-20,24H2,1-6H3,(H,42,46). The molecule has 0 saturated carbocycles. The summed E-state index contributed by atoms with van der Waals surface area (Å²) >= 11 is 0. The van der Waals surface area contributed by atoms with E-state index in [0.29, 0.717) is 28.4 Å². The lowest BCUT2D eigenvalue weighted by Gasteiger charge is -2.34. The van der Waals surface area contributed by atoms with Gasteiger partial charge in [0.2, 0.25) is 0 Å². The summed E-state index contributed by atoms with van der Waals surface area (Å²) in [6, 6.07) is 20.2. The fourth-order valence-corrected chi connectivity index (χ4v) is 6.48. The molecule has 0 bridgehead atoms. The highest BCUT2D eigenvalue weighted by Crippen LogP contribution is 2.32. The molecular weight excluding hydrogens is 607 g/mol. The van der Waals surface area contributed by atoms with Crippen molar-refractivity contribution < 1.29 is 18.7 Å². The van der Waals surface area contributed by atoms with Gasteiger partial charge in [-0.05, 0) is 114 Å². The van der Waals surface area contributed by atoms with Crippen LogP contribution in [0.25, 0.3) is 22.2 Å². The third kappa shape index (κ3) is 6.56. The summed E-state index contributed by atoms with van der Waals surface area (Å²) in [7, 11) is 1.42. The van der Waals surface area contributed by atoms with Crippen molar-refractivity contribution in [2.75, 3.05) is 30.4 Å². The van der Waals surface area contributed by atoms with Crippen molar-refractivity contribution in [3.05, 3.63) is 96.1 Å². The summed E-state index contributed by atoms with van der Waals surface area (Å²) in [5.74, 6) is -0.415. The second-order valence-electron chi connectivity index (χ2n) is 14.1. The Morgan fingerprint density at radius 3 is 2.25 bits per heavy atom. The van der Waals surface area contributed by atoms with Gasteiger partial charge in [-0.3, -0.25) is 19.0 Å². The highest BCUT2D eigenvalue weighted by Gasteiger charge is 2.31. The number of methoxy groups -OCH3 is 1. The summed E-state index contributed by atoms with van der Waals surface area (Å²) in [4.78, 5) is 28.3. The summed E-state index contributed by atoms with van der Waals surface area (Å²) in [5, 5.41) is 13.3. The Morgan fingerprint density at radius 1 is 0.917 bits per heavy atom. The number of esters is 1. The molecule has 0 atom stereocenters. The van der Waals surface area contributed by atoms with Crippen LogP contribution in [0.1, 0.15) is 63.4 Å². The molecule has 0 spiro atoms. The molecule has 48 heavy (non-hydrogen) atoms. The van der Waals surface area contributed by atoms with Crippen LogP contribution in [0, 0.1) is 11.7 Å². The maximum atomic E-state index is 13.7. The van der Waals surface area contributed by atoms with Crippen molar-refractivity contribution in [2.24, 2.45) is 5.92 Å². The average molecular weight is 651 g/mol. The van der Waals surface area contributed by atoms with E-state index in [1.807, 2.05) is 75.8 Å². The minimum atomic E-state index is -0.697. The van der Waals surface area contributed by atoms with Gasteiger partial charge in [0.25, 0.3) is 5.91 Å². The Kier molecular flexibility index (Phi) is 8.85. The maximum Gasteiger partial charge on any atom is 0.315 e. The van der Waals surface area contributed by atoms with Crippen LogP contribution in [0.4, 0.5) is 15.8 Å². The van der Waals surface area contributed by atoms with Crippen LogP contribution < -0.4 is 10.2 Å². The van der Waals surface area contributed by atoms with Crippen LogP contribution in [0.2, 0.25) is 0 Å². The van der Waals surface area contributed by atoms with Gasteiger partial charge in [0.15, 0.2) is 0 Å². The fraction of sp³-hybridized carbons (Fsp3) is 0.368. The van der Waals surface area contributed by atoms with E-state index >= 15 is 0 Å². The highest BCUT2D eigenvalue weighted by atomic mass is 19.1. The van der Waals surface area contributed by atoms with Gasteiger partial charge in [0.1, 0.15) is 5.82 Å². The normalized spacial score (nSPS) is 14.4. The Hall–Kier alpha value is -4.99. The molecule has 2 aromatic heterocycles. The van der Waals surface area contributed by atoms with Crippen molar-refractivity contribution in [3.63, 3.8) is 0 Å². The number of benzene rings is 3. The first kappa shape index (κ1) is 32.9. The van der Waals surface area contributed by atoms with Gasteiger partial charge in [0.05, 0.1) is 47.2 Å². The zero-order valence-electron chi connectivity index (χ0n) is 28.5. The van der Waals surface area contributed by atoms with E-state index in [4.69, 9.17) is 9.84 Å². The number of piperidine rings is 1. The van der Waals surface area contributed by atoms with Crippen LogP contribution in [0.15, 0.2) is 79.1 Å². The Balaban J connectivity index is 1.14. The van der Waals surface area contributed by atoms with Gasteiger partial charge in [-0.1, -0.05) is 12.1 Å². The first-order chi connectivity index (χ1) is 22.8. The lowest BCUT2D eigenvalue weighted by molar-refractivity contribution is -0.146. The molecule has 5 aromatic rings. The van der Waals surface area contributed by atoms with Crippen LogP contribution in [0.5, 0.6) is 0 Å². The number of aromatic nitrogens is 4. The van der Waals surface area contributed by atoms with Crippen molar-refractivity contribution in [3.8, 4) is 11.3 Å². The van der Waals surface area contributed by atoms with Crippen molar-refractivity contribution in [2.45, 2.75) is 65.0 Å². The van der Waals surface area contributed by atoms with E-state index in [1.54, 1.807) is 23.0 Å². The summed E-state index contributed by atoms with van der Waals surface area (Å²) in [6.45, 7) is 12.5. The SMILES string of the molecule is COC(=O)C(C)(C)c1ccc(N2CCC(Cn3ncc4ccc(NC(=O)c5cnn(C(C)(C)C)c5-c5ccc(F)cc5)cc43)CC2)cc1. The number of rotatable bonds is 8. The number of ether oxygens (including phenoxy) is 1. The zero-order chi connectivity index (χ0) is 34.2. The van der Waals surface area contributed by atoms with Gasteiger partial charge in [-0.2, -0.15) is 10.2 Å². The smallest absolute Gasteiger partial charge is 0.315 e. The lowest BCUT2D eigenvalue weighted by atomic mass is 9.84. The largest absolute Gasteiger partial charge is 0.468 e. The number of carbonyl (C=O) groups excluding carboxylic acids is 2. The minimum Gasteiger partial charge on any atom is -0.468 e. The first-order valence-corrected chi connectivity index (χ1v) is 16.4. The number of fused-ring (bicyclic) bond motifs is 1. The maximum absolute atomic E-state index is 13.7. The van der Waals surface area contributed by atoms with E-state index in [1.165, 1.54) is 19.2 Å². The fourth-order valence-electron chi connectivity index (χ4n) is 6.48. The van der Waals surface area contributed by atoms with E-state index in [2.05, 4.69) is 27.4 Å². The van der Waals surface area contributed by atoms with E-state index in [9.17, 15) is 14.0 Å². The molecule has 6 rings (SSSR count). The van der Waals surface area contributed by atoms with Crippen molar-refractivity contribution in [1.29, 1.82) is 0 Å². The summed E-state index contributed by atoms with van der Waals surface area (Å²) in [5.41, 5.74) is 4.39. The predicted octanol–water partition coefficient (Wildman–Crippen LogP) is 7.41. The van der Waals surface area contributed by atoms with Crippen molar-refractivity contribution in [1.82, 2.24) is 19.6 Å². The first-order valence-electron chi connectivity index (χ1n) is 16.4. The molecule has 0 aliphatic carbocycles. The Morgan fingerprint density at radius 2 is 1.60 bits per heavy atom. The summed E-state index contributed by atoms with van der Waals surface area (Å²) in [6.07, 6.45) is 5.49. The molecule has 250 valence electrons. The minimum absolute atomic E-state index is 0.249. The average Bonchev–Trinajstić information content (AvgIpc) is 3.70. The number of hydrogen-bond donors (Lipinski definition) is 1. The van der Waals surface area contributed by atoms with Gasteiger partial charge >= 0.3 is 5.97 Å². The second kappa shape index (κ2) is 12.9. The molecule has 1 saturated heterocycles. The van der Waals surface area contributed by atoms with E-state index < -0.39 is 11.0 Å². The predicted molar refractivity (Wildman–Crippen MR) is 187 cm³/mol. The Labute approximate surface area is 280 Å². The molecule has 1 N–H and O–H groups in total.